The second kappa shape index (κ2) is 6.73. The molecule has 6 nitrogen and oxygen atoms in total. The SMILES string of the molecule is Cc1nc(CCNCc2ncc(C)c([N+](=O)[O-])c2C)cs1. The molecule has 2 aromatic heterocycles. The number of aryl methyl sites for hydroxylation is 2. The molecule has 0 saturated carbocycles. The molecule has 0 atom stereocenters. The van der Waals surface area contributed by atoms with E-state index in [-0.39, 0.29) is 10.6 Å². The van der Waals surface area contributed by atoms with Gasteiger partial charge in [-0.2, -0.15) is 0 Å². The number of nitrogens with zero attached hydrogens (tertiary/aromatic N) is 3. The van der Waals surface area contributed by atoms with E-state index in [4.69, 9.17) is 0 Å². The zero-order chi connectivity index (χ0) is 15.4. The zero-order valence-corrected chi connectivity index (χ0v) is 13.2. The normalized spacial score (nSPS) is 10.8. The monoisotopic (exact) mass is 306 g/mol. The maximum atomic E-state index is 11.1. The van der Waals surface area contributed by atoms with E-state index in [1.807, 2.05) is 6.92 Å². The minimum absolute atomic E-state index is 0.164. The Balaban J connectivity index is 1.94. The molecule has 0 radical (unpaired) electrons. The lowest BCUT2D eigenvalue weighted by Gasteiger charge is -2.08. The van der Waals surface area contributed by atoms with Crippen molar-refractivity contribution in [3.8, 4) is 0 Å². The highest BCUT2D eigenvalue weighted by atomic mass is 32.1. The molecule has 0 aliphatic heterocycles. The predicted molar refractivity (Wildman–Crippen MR) is 82.6 cm³/mol. The number of thiazole rings is 1. The molecule has 0 saturated heterocycles. The molecule has 21 heavy (non-hydrogen) atoms. The molecule has 0 aliphatic carbocycles. The molecule has 0 unspecified atom stereocenters. The molecule has 1 N–H and O–H groups in total. The first-order valence-electron chi connectivity index (χ1n) is 6.70. The molecular weight excluding hydrogens is 288 g/mol. The first-order chi connectivity index (χ1) is 9.99. The van der Waals surface area contributed by atoms with E-state index in [1.54, 1.807) is 31.4 Å². The highest BCUT2D eigenvalue weighted by molar-refractivity contribution is 7.09. The van der Waals surface area contributed by atoms with Gasteiger partial charge in [0, 0.05) is 42.2 Å². The van der Waals surface area contributed by atoms with Gasteiger partial charge in [-0.3, -0.25) is 15.1 Å². The van der Waals surface area contributed by atoms with E-state index in [0.717, 1.165) is 29.4 Å². The van der Waals surface area contributed by atoms with E-state index >= 15 is 0 Å². The minimum Gasteiger partial charge on any atom is -0.311 e. The summed E-state index contributed by atoms with van der Waals surface area (Å²) in [5.74, 6) is 0. The molecular formula is C14H18N4O2S. The van der Waals surface area contributed by atoms with Crippen molar-refractivity contribution in [2.24, 2.45) is 0 Å². The lowest BCUT2D eigenvalue weighted by atomic mass is 10.1. The number of hydrogen-bond donors (Lipinski definition) is 1. The van der Waals surface area contributed by atoms with Crippen molar-refractivity contribution >= 4 is 17.0 Å². The van der Waals surface area contributed by atoms with Crippen LogP contribution >= 0.6 is 11.3 Å². The molecule has 0 aliphatic rings. The number of rotatable bonds is 6. The summed E-state index contributed by atoms with van der Waals surface area (Å²) in [5.41, 5.74) is 3.19. The van der Waals surface area contributed by atoms with Gasteiger partial charge in [-0.25, -0.2) is 4.98 Å². The van der Waals surface area contributed by atoms with Crippen LogP contribution in [-0.4, -0.2) is 21.4 Å². The highest BCUT2D eigenvalue weighted by Crippen LogP contribution is 2.23. The molecule has 0 amide bonds. The maximum absolute atomic E-state index is 11.1. The van der Waals surface area contributed by atoms with Crippen LogP contribution in [0, 0.1) is 30.9 Å². The van der Waals surface area contributed by atoms with E-state index < -0.39 is 0 Å². The van der Waals surface area contributed by atoms with E-state index in [9.17, 15) is 10.1 Å². The van der Waals surface area contributed by atoms with Crippen LogP contribution in [-0.2, 0) is 13.0 Å². The van der Waals surface area contributed by atoms with Crippen molar-refractivity contribution in [2.45, 2.75) is 33.7 Å². The van der Waals surface area contributed by atoms with Crippen LogP contribution in [0.5, 0.6) is 0 Å². The Morgan fingerprint density at radius 1 is 1.38 bits per heavy atom. The third-order valence-electron chi connectivity index (χ3n) is 3.28. The average Bonchev–Trinajstić information content (AvgIpc) is 2.82. The Kier molecular flexibility index (Phi) is 4.98. The number of pyridine rings is 1. The van der Waals surface area contributed by atoms with Gasteiger partial charge in [-0.05, 0) is 20.8 Å². The highest BCUT2D eigenvalue weighted by Gasteiger charge is 2.18. The Bertz CT molecular complexity index is 654. The Hall–Kier alpha value is -1.86. The molecule has 0 spiro atoms. The first kappa shape index (κ1) is 15.5. The van der Waals surface area contributed by atoms with Gasteiger partial charge in [0.1, 0.15) is 0 Å². The second-order valence-electron chi connectivity index (χ2n) is 4.90. The van der Waals surface area contributed by atoms with Crippen LogP contribution in [0.1, 0.15) is 27.5 Å². The van der Waals surface area contributed by atoms with Crippen LogP contribution in [0.25, 0.3) is 0 Å². The number of aromatic nitrogens is 2. The van der Waals surface area contributed by atoms with Gasteiger partial charge in [0.05, 0.1) is 21.3 Å². The topological polar surface area (TPSA) is 81.0 Å². The average molecular weight is 306 g/mol. The third-order valence-corrected chi connectivity index (χ3v) is 4.10. The summed E-state index contributed by atoms with van der Waals surface area (Å²) >= 11 is 1.64. The molecule has 2 heterocycles. The van der Waals surface area contributed by atoms with Gasteiger partial charge in [0.2, 0.25) is 0 Å². The van der Waals surface area contributed by atoms with Crippen LogP contribution in [0.4, 0.5) is 5.69 Å². The number of nitro groups is 1. The van der Waals surface area contributed by atoms with Gasteiger partial charge >= 0.3 is 0 Å². The molecule has 0 bridgehead atoms. The van der Waals surface area contributed by atoms with Crippen LogP contribution < -0.4 is 5.32 Å². The van der Waals surface area contributed by atoms with Crippen molar-refractivity contribution in [2.75, 3.05) is 6.54 Å². The third kappa shape index (κ3) is 3.83. The van der Waals surface area contributed by atoms with E-state index in [2.05, 4.69) is 20.7 Å². The zero-order valence-electron chi connectivity index (χ0n) is 12.3. The Morgan fingerprint density at radius 3 is 2.76 bits per heavy atom. The fourth-order valence-electron chi connectivity index (χ4n) is 2.17. The first-order valence-corrected chi connectivity index (χ1v) is 7.58. The van der Waals surface area contributed by atoms with E-state index in [0.29, 0.717) is 17.7 Å². The predicted octanol–water partition coefficient (Wildman–Crippen LogP) is 2.70. The van der Waals surface area contributed by atoms with Crippen molar-refractivity contribution in [1.82, 2.24) is 15.3 Å². The Labute approximate surface area is 127 Å². The summed E-state index contributed by atoms with van der Waals surface area (Å²) in [5, 5.41) is 17.4. The minimum atomic E-state index is -0.339. The van der Waals surface area contributed by atoms with Crippen LogP contribution in [0.3, 0.4) is 0 Å². The van der Waals surface area contributed by atoms with Crippen LogP contribution in [0.2, 0.25) is 0 Å². The second-order valence-corrected chi connectivity index (χ2v) is 5.97. The molecule has 7 heteroatoms. The maximum Gasteiger partial charge on any atom is 0.278 e. The Morgan fingerprint density at radius 2 is 2.14 bits per heavy atom. The number of nitrogens with one attached hydrogen (secondary N) is 1. The largest absolute Gasteiger partial charge is 0.311 e. The summed E-state index contributed by atoms with van der Waals surface area (Å²) < 4.78 is 0. The van der Waals surface area contributed by atoms with Crippen LogP contribution in [0.15, 0.2) is 11.6 Å². The molecule has 2 aromatic rings. The molecule has 112 valence electrons. The summed E-state index contributed by atoms with van der Waals surface area (Å²) in [7, 11) is 0. The fraction of sp³-hybridized carbons (Fsp3) is 0.429. The molecule has 0 fully saturated rings. The van der Waals surface area contributed by atoms with Crippen molar-refractivity contribution in [1.29, 1.82) is 0 Å². The standard InChI is InChI=1S/C14H18N4O2S/c1-9-6-16-13(10(2)14(9)18(19)20)7-15-5-4-12-8-21-11(3)17-12/h6,8,15H,4-5,7H2,1-3H3. The van der Waals surface area contributed by atoms with Gasteiger partial charge in [-0.1, -0.05) is 0 Å². The van der Waals surface area contributed by atoms with Gasteiger partial charge in [0.15, 0.2) is 0 Å². The number of hydrogen-bond acceptors (Lipinski definition) is 6. The van der Waals surface area contributed by atoms with Crippen molar-refractivity contribution in [3.05, 3.63) is 49.2 Å². The smallest absolute Gasteiger partial charge is 0.278 e. The molecule has 0 aromatic carbocycles. The van der Waals surface area contributed by atoms with Gasteiger partial charge < -0.3 is 5.32 Å². The van der Waals surface area contributed by atoms with Gasteiger partial charge in [0.25, 0.3) is 5.69 Å². The summed E-state index contributed by atoms with van der Waals surface area (Å²) in [4.78, 5) is 19.4. The summed E-state index contributed by atoms with van der Waals surface area (Å²) in [6.07, 6.45) is 2.41. The van der Waals surface area contributed by atoms with E-state index in [1.165, 1.54) is 0 Å². The van der Waals surface area contributed by atoms with Crippen molar-refractivity contribution < 1.29 is 4.92 Å². The summed E-state index contributed by atoms with van der Waals surface area (Å²) in [6.45, 7) is 6.74. The fourth-order valence-corrected chi connectivity index (χ4v) is 2.82. The van der Waals surface area contributed by atoms with Crippen molar-refractivity contribution in [3.63, 3.8) is 0 Å². The quantitative estimate of drug-likeness (QED) is 0.504. The molecule has 2 rings (SSSR count). The summed E-state index contributed by atoms with van der Waals surface area (Å²) in [6, 6.07) is 0. The lowest BCUT2D eigenvalue weighted by Crippen LogP contribution is -2.19. The lowest BCUT2D eigenvalue weighted by molar-refractivity contribution is -0.386. The van der Waals surface area contributed by atoms with Gasteiger partial charge in [-0.15, -0.1) is 11.3 Å².